The monoisotopic (exact) mass is 331 g/mol. The van der Waals surface area contributed by atoms with Gasteiger partial charge < -0.3 is 10.1 Å². The number of rotatable bonds is 1. The molecule has 1 heterocycles. The van der Waals surface area contributed by atoms with Gasteiger partial charge in [-0.2, -0.15) is 0 Å². The molecule has 3 nitrogen and oxygen atoms in total. The number of nitrogens with one attached hydrogen (secondary N) is 1. The molecule has 0 spiro atoms. The number of fused-ring (bicyclic) bond motifs is 1. The van der Waals surface area contributed by atoms with Crippen molar-refractivity contribution >= 4 is 39.2 Å². The van der Waals surface area contributed by atoms with Gasteiger partial charge in [0.15, 0.2) is 0 Å². The first kappa shape index (κ1) is 13.7. The molecular weight excluding hydrogens is 318 g/mol. The summed E-state index contributed by atoms with van der Waals surface area (Å²) in [6.07, 6.45) is 0.625. The molecule has 0 saturated heterocycles. The number of anilines is 1. The molecule has 0 amide bonds. The van der Waals surface area contributed by atoms with Crippen molar-refractivity contribution in [2.45, 2.75) is 38.8 Å². The second-order valence-corrected chi connectivity index (χ2v) is 6.62. The molecule has 2 rings (SSSR count). The lowest BCUT2D eigenvalue weighted by Crippen LogP contribution is -2.35. The second kappa shape index (κ2) is 4.74. The van der Waals surface area contributed by atoms with Crippen LogP contribution in [0, 0.1) is 0 Å². The first-order valence-corrected chi connectivity index (χ1v) is 6.91. The number of carbonyl (C=O) groups is 1. The molecule has 0 fully saturated rings. The minimum atomic E-state index is -0.467. The predicted molar refractivity (Wildman–Crippen MR) is 76.1 cm³/mol. The van der Waals surface area contributed by atoms with Gasteiger partial charge in [0, 0.05) is 16.6 Å². The van der Waals surface area contributed by atoms with Crippen molar-refractivity contribution in [3.63, 3.8) is 0 Å². The van der Waals surface area contributed by atoms with Gasteiger partial charge in [0.1, 0.15) is 11.6 Å². The summed E-state index contributed by atoms with van der Waals surface area (Å²) in [5.41, 5.74) is 1.51. The van der Waals surface area contributed by atoms with Crippen LogP contribution in [0.5, 0.6) is 0 Å². The Kier molecular flexibility index (Phi) is 3.60. The number of carbonyl (C=O) groups excluding carboxylic acids is 1. The molecule has 1 unspecified atom stereocenters. The SMILES string of the molecule is CC(C)(C)OC(=O)C1Cc2cc(Br)c(Cl)cc2N1. The van der Waals surface area contributed by atoms with E-state index < -0.39 is 5.60 Å². The summed E-state index contributed by atoms with van der Waals surface area (Å²) in [6.45, 7) is 5.58. The van der Waals surface area contributed by atoms with Gasteiger partial charge in [0.2, 0.25) is 0 Å². The van der Waals surface area contributed by atoms with Gasteiger partial charge in [-0.25, -0.2) is 4.79 Å². The third kappa shape index (κ3) is 2.98. The van der Waals surface area contributed by atoms with Gasteiger partial charge in [-0.1, -0.05) is 11.6 Å². The van der Waals surface area contributed by atoms with Crippen LogP contribution in [0.4, 0.5) is 5.69 Å². The van der Waals surface area contributed by atoms with Gasteiger partial charge in [0.05, 0.1) is 5.02 Å². The van der Waals surface area contributed by atoms with Crippen molar-refractivity contribution in [1.29, 1.82) is 0 Å². The maximum atomic E-state index is 12.0. The molecule has 0 radical (unpaired) electrons. The number of benzene rings is 1. The summed E-state index contributed by atoms with van der Waals surface area (Å²) in [4.78, 5) is 12.0. The van der Waals surface area contributed by atoms with Crippen LogP contribution in [-0.2, 0) is 16.0 Å². The Morgan fingerprint density at radius 3 is 2.78 bits per heavy atom. The molecule has 1 aliphatic heterocycles. The number of halogens is 2. The smallest absolute Gasteiger partial charge is 0.329 e. The number of ether oxygens (including phenoxy) is 1. The summed E-state index contributed by atoms with van der Waals surface area (Å²) in [6, 6.07) is 3.44. The second-order valence-electron chi connectivity index (χ2n) is 5.36. The third-order valence-electron chi connectivity index (χ3n) is 2.59. The van der Waals surface area contributed by atoms with E-state index in [0.717, 1.165) is 15.7 Å². The van der Waals surface area contributed by atoms with Crippen molar-refractivity contribution in [1.82, 2.24) is 0 Å². The molecule has 1 aromatic rings. The van der Waals surface area contributed by atoms with E-state index in [-0.39, 0.29) is 12.0 Å². The first-order chi connectivity index (χ1) is 8.26. The normalized spacial score (nSPS) is 18.2. The quantitative estimate of drug-likeness (QED) is 0.795. The molecule has 1 aromatic carbocycles. The van der Waals surface area contributed by atoms with Crippen molar-refractivity contribution < 1.29 is 9.53 Å². The molecule has 1 atom stereocenters. The molecule has 0 aliphatic carbocycles. The fourth-order valence-corrected chi connectivity index (χ4v) is 2.42. The standard InChI is InChI=1S/C13H15BrClNO2/c1-13(2,3)18-12(17)11-5-7-4-8(14)9(15)6-10(7)16-11/h4,6,11,16H,5H2,1-3H3. The Morgan fingerprint density at radius 2 is 2.17 bits per heavy atom. The van der Waals surface area contributed by atoms with Crippen molar-refractivity contribution in [3.8, 4) is 0 Å². The fraction of sp³-hybridized carbons (Fsp3) is 0.462. The molecule has 98 valence electrons. The van der Waals surface area contributed by atoms with Gasteiger partial charge in [-0.3, -0.25) is 0 Å². The summed E-state index contributed by atoms with van der Waals surface area (Å²) < 4.78 is 6.21. The van der Waals surface area contributed by atoms with E-state index in [4.69, 9.17) is 16.3 Å². The minimum absolute atomic E-state index is 0.231. The Balaban J connectivity index is 2.13. The van der Waals surface area contributed by atoms with Gasteiger partial charge >= 0.3 is 5.97 Å². The predicted octanol–water partition coefficient (Wildman–Crippen LogP) is 3.78. The van der Waals surface area contributed by atoms with Gasteiger partial charge in [0.25, 0.3) is 0 Å². The Bertz CT molecular complexity index is 465. The summed E-state index contributed by atoms with van der Waals surface area (Å²) in [7, 11) is 0. The van der Waals surface area contributed by atoms with Crippen LogP contribution in [0.2, 0.25) is 5.02 Å². The molecule has 18 heavy (non-hydrogen) atoms. The summed E-state index contributed by atoms with van der Waals surface area (Å²) >= 11 is 9.40. The average molecular weight is 333 g/mol. The van der Waals surface area contributed by atoms with Gasteiger partial charge in [-0.15, -0.1) is 0 Å². The number of hydrogen-bond donors (Lipinski definition) is 1. The molecular formula is C13H15BrClNO2. The van der Waals surface area contributed by atoms with E-state index in [1.165, 1.54) is 0 Å². The van der Waals surface area contributed by atoms with Crippen molar-refractivity contribution in [3.05, 3.63) is 27.2 Å². The van der Waals surface area contributed by atoms with Crippen LogP contribution in [0.25, 0.3) is 0 Å². The average Bonchev–Trinajstić information content (AvgIpc) is 2.59. The molecule has 0 bridgehead atoms. The highest BCUT2D eigenvalue weighted by molar-refractivity contribution is 9.10. The highest BCUT2D eigenvalue weighted by Crippen LogP contribution is 2.34. The van der Waals surface area contributed by atoms with E-state index in [2.05, 4.69) is 21.2 Å². The van der Waals surface area contributed by atoms with E-state index in [9.17, 15) is 4.79 Å². The molecule has 0 aromatic heterocycles. The van der Waals surface area contributed by atoms with Crippen LogP contribution in [0.3, 0.4) is 0 Å². The Labute approximate surface area is 120 Å². The van der Waals surface area contributed by atoms with E-state index in [1.807, 2.05) is 32.9 Å². The lowest BCUT2D eigenvalue weighted by Gasteiger charge is -2.22. The van der Waals surface area contributed by atoms with E-state index in [0.29, 0.717) is 11.4 Å². The highest BCUT2D eigenvalue weighted by Gasteiger charge is 2.31. The van der Waals surface area contributed by atoms with Crippen molar-refractivity contribution in [2.75, 3.05) is 5.32 Å². The molecule has 0 saturated carbocycles. The van der Waals surface area contributed by atoms with Crippen LogP contribution >= 0.6 is 27.5 Å². The zero-order valence-corrected chi connectivity index (χ0v) is 12.9. The van der Waals surface area contributed by atoms with Crippen LogP contribution in [-0.4, -0.2) is 17.6 Å². The third-order valence-corrected chi connectivity index (χ3v) is 3.79. The van der Waals surface area contributed by atoms with E-state index in [1.54, 1.807) is 0 Å². The Morgan fingerprint density at radius 1 is 1.50 bits per heavy atom. The highest BCUT2D eigenvalue weighted by atomic mass is 79.9. The summed E-state index contributed by atoms with van der Waals surface area (Å²) in [5, 5.41) is 3.78. The maximum absolute atomic E-state index is 12.0. The number of esters is 1. The van der Waals surface area contributed by atoms with Gasteiger partial charge in [-0.05, 0) is 54.4 Å². The molecule has 5 heteroatoms. The summed E-state index contributed by atoms with van der Waals surface area (Å²) in [5.74, 6) is -0.231. The molecule has 1 aliphatic rings. The van der Waals surface area contributed by atoms with Crippen LogP contribution < -0.4 is 5.32 Å². The van der Waals surface area contributed by atoms with Crippen LogP contribution in [0.1, 0.15) is 26.3 Å². The largest absolute Gasteiger partial charge is 0.458 e. The zero-order valence-electron chi connectivity index (χ0n) is 10.5. The van der Waals surface area contributed by atoms with Crippen LogP contribution in [0.15, 0.2) is 16.6 Å². The lowest BCUT2D eigenvalue weighted by atomic mass is 10.1. The minimum Gasteiger partial charge on any atom is -0.458 e. The topological polar surface area (TPSA) is 38.3 Å². The Hall–Kier alpha value is -0.740. The lowest BCUT2D eigenvalue weighted by molar-refractivity contribution is -0.155. The maximum Gasteiger partial charge on any atom is 0.329 e. The van der Waals surface area contributed by atoms with E-state index >= 15 is 0 Å². The zero-order chi connectivity index (χ0) is 13.5. The first-order valence-electron chi connectivity index (χ1n) is 5.73. The number of hydrogen-bond acceptors (Lipinski definition) is 3. The fourth-order valence-electron chi connectivity index (χ4n) is 1.87. The van der Waals surface area contributed by atoms with Crippen molar-refractivity contribution in [2.24, 2.45) is 0 Å². The molecule has 1 N–H and O–H groups in total.